The van der Waals surface area contributed by atoms with Crippen LogP contribution < -0.4 is 5.32 Å². The van der Waals surface area contributed by atoms with Crippen LogP contribution in [0, 0.1) is 0 Å². The van der Waals surface area contributed by atoms with Gasteiger partial charge in [-0.3, -0.25) is 4.90 Å². The van der Waals surface area contributed by atoms with E-state index < -0.39 is 9.84 Å². The number of hydrogen-bond acceptors (Lipinski definition) is 4. The molecule has 2 aliphatic rings. The molecule has 2 aliphatic heterocycles. The van der Waals surface area contributed by atoms with Crippen LogP contribution in [0.3, 0.4) is 0 Å². The molecule has 0 bridgehead atoms. The highest BCUT2D eigenvalue weighted by Gasteiger charge is 2.29. The Hall–Kier alpha value is -0.910. The van der Waals surface area contributed by atoms with E-state index in [1.54, 1.807) is 0 Å². The quantitative estimate of drug-likeness (QED) is 0.914. The molecule has 0 radical (unpaired) electrons. The van der Waals surface area contributed by atoms with E-state index in [0.29, 0.717) is 17.5 Å². The summed E-state index contributed by atoms with van der Waals surface area (Å²) >= 11 is 0. The second-order valence-electron chi connectivity index (χ2n) is 6.33. The summed E-state index contributed by atoms with van der Waals surface area (Å²) in [6.45, 7) is 3.10. The molecule has 0 spiro atoms. The van der Waals surface area contributed by atoms with Crippen LogP contribution in [0.25, 0.3) is 0 Å². The van der Waals surface area contributed by atoms with Gasteiger partial charge in [-0.1, -0.05) is 30.3 Å². The van der Waals surface area contributed by atoms with Crippen LogP contribution in [0.2, 0.25) is 0 Å². The van der Waals surface area contributed by atoms with Crippen LogP contribution in [0.5, 0.6) is 0 Å². The van der Waals surface area contributed by atoms with Gasteiger partial charge >= 0.3 is 0 Å². The molecule has 0 saturated carbocycles. The molecule has 2 fully saturated rings. The van der Waals surface area contributed by atoms with Crippen LogP contribution in [0.4, 0.5) is 0 Å². The van der Waals surface area contributed by atoms with Gasteiger partial charge in [-0.2, -0.15) is 0 Å². The zero-order chi connectivity index (χ0) is 14.7. The third kappa shape index (κ3) is 4.28. The van der Waals surface area contributed by atoms with Crippen molar-refractivity contribution in [3.05, 3.63) is 35.9 Å². The summed E-state index contributed by atoms with van der Waals surface area (Å²) in [5, 5.41) is 3.57. The first-order valence-electron chi connectivity index (χ1n) is 7.83. The van der Waals surface area contributed by atoms with Crippen molar-refractivity contribution in [2.45, 2.75) is 37.9 Å². The molecule has 0 aliphatic carbocycles. The molecule has 0 amide bonds. The van der Waals surface area contributed by atoms with Gasteiger partial charge in [0.05, 0.1) is 11.5 Å². The molecular formula is C16H24N2O2S. The molecule has 4 nitrogen and oxygen atoms in total. The number of benzene rings is 1. The van der Waals surface area contributed by atoms with Crippen molar-refractivity contribution in [2.75, 3.05) is 24.6 Å². The van der Waals surface area contributed by atoms with Gasteiger partial charge in [-0.05, 0) is 24.8 Å². The van der Waals surface area contributed by atoms with E-state index >= 15 is 0 Å². The Balaban J connectivity index is 1.48. The van der Waals surface area contributed by atoms with Crippen LogP contribution in [0.1, 0.15) is 24.8 Å². The van der Waals surface area contributed by atoms with Gasteiger partial charge in [0.25, 0.3) is 0 Å². The zero-order valence-electron chi connectivity index (χ0n) is 12.4. The number of nitrogens with zero attached hydrogens (tertiary/aromatic N) is 1. The van der Waals surface area contributed by atoms with Gasteiger partial charge in [-0.15, -0.1) is 0 Å². The highest BCUT2D eigenvalue weighted by molar-refractivity contribution is 7.91. The molecule has 116 valence electrons. The second kappa shape index (κ2) is 6.46. The third-order valence-electron chi connectivity index (χ3n) is 4.46. The number of sulfone groups is 1. The van der Waals surface area contributed by atoms with E-state index in [-0.39, 0.29) is 6.04 Å². The molecule has 2 atom stereocenters. The van der Waals surface area contributed by atoms with E-state index in [1.807, 2.05) is 6.07 Å². The molecule has 2 saturated heterocycles. The Morgan fingerprint density at radius 1 is 1.14 bits per heavy atom. The molecular weight excluding hydrogens is 284 g/mol. The first kappa shape index (κ1) is 15.0. The van der Waals surface area contributed by atoms with Gasteiger partial charge in [-0.25, -0.2) is 8.42 Å². The van der Waals surface area contributed by atoms with Crippen molar-refractivity contribution in [1.82, 2.24) is 10.2 Å². The van der Waals surface area contributed by atoms with Crippen LogP contribution in [0.15, 0.2) is 30.3 Å². The summed E-state index contributed by atoms with van der Waals surface area (Å²) in [6.07, 6.45) is 2.91. The molecule has 3 rings (SSSR count). The van der Waals surface area contributed by atoms with Crippen molar-refractivity contribution in [3.63, 3.8) is 0 Å². The number of nitrogens with one attached hydrogen (secondary N) is 1. The minimum Gasteiger partial charge on any atom is -0.309 e. The van der Waals surface area contributed by atoms with Gasteiger partial charge in [0, 0.05) is 31.7 Å². The Bertz CT molecular complexity index is 559. The lowest BCUT2D eigenvalue weighted by molar-refractivity contribution is 0.313. The number of hydrogen-bond donors (Lipinski definition) is 1. The number of rotatable bonds is 4. The second-order valence-corrected chi connectivity index (χ2v) is 8.56. The van der Waals surface area contributed by atoms with Gasteiger partial charge in [0.1, 0.15) is 0 Å². The Morgan fingerprint density at radius 3 is 2.71 bits per heavy atom. The normalized spacial score (nSPS) is 29.5. The summed E-state index contributed by atoms with van der Waals surface area (Å²) in [5.41, 5.74) is 1.35. The zero-order valence-corrected chi connectivity index (χ0v) is 13.2. The van der Waals surface area contributed by atoms with E-state index in [0.717, 1.165) is 38.9 Å². The van der Waals surface area contributed by atoms with Gasteiger partial charge < -0.3 is 5.32 Å². The lowest BCUT2D eigenvalue weighted by Gasteiger charge is -2.26. The van der Waals surface area contributed by atoms with Crippen LogP contribution in [-0.2, 0) is 16.4 Å². The van der Waals surface area contributed by atoms with Crippen LogP contribution >= 0.6 is 0 Å². The first-order valence-corrected chi connectivity index (χ1v) is 9.66. The van der Waals surface area contributed by atoms with E-state index in [4.69, 9.17) is 0 Å². The Morgan fingerprint density at radius 2 is 1.95 bits per heavy atom. The maximum Gasteiger partial charge on any atom is 0.151 e. The average molecular weight is 308 g/mol. The minimum absolute atomic E-state index is 0.158. The summed E-state index contributed by atoms with van der Waals surface area (Å²) in [7, 11) is -2.81. The Kier molecular flexibility index (Phi) is 4.62. The summed E-state index contributed by atoms with van der Waals surface area (Å²) in [4.78, 5) is 2.45. The summed E-state index contributed by atoms with van der Waals surface area (Å²) < 4.78 is 23.4. The third-order valence-corrected chi connectivity index (χ3v) is 6.28. The fourth-order valence-corrected chi connectivity index (χ4v) is 5.09. The van der Waals surface area contributed by atoms with Crippen molar-refractivity contribution < 1.29 is 8.42 Å². The van der Waals surface area contributed by atoms with Crippen molar-refractivity contribution in [2.24, 2.45) is 0 Å². The molecule has 2 unspecified atom stereocenters. The van der Waals surface area contributed by atoms with E-state index in [9.17, 15) is 8.42 Å². The summed E-state index contributed by atoms with van der Waals surface area (Å²) in [5.74, 6) is 0.693. The Labute approximate surface area is 127 Å². The van der Waals surface area contributed by atoms with Crippen molar-refractivity contribution >= 4 is 9.84 Å². The molecule has 1 N–H and O–H groups in total. The van der Waals surface area contributed by atoms with Crippen LogP contribution in [-0.4, -0.2) is 50.0 Å². The SMILES string of the molecule is O=S1(=O)CCCC(NC2CCN(Cc3ccccc3)C2)C1. The molecule has 0 aromatic heterocycles. The topological polar surface area (TPSA) is 49.4 Å². The molecule has 21 heavy (non-hydrogen) atoms. The van der Waals surface area contributed by atoms with E-state index in [1.165, 1.54) is 5.56 Å². The summed E-state index contributed by atoms with van der Waals surface area (Å²) in [6, 6.07) is 11.1. The fraction of sp³-hybridized carbons (Fsp3) is 0.625. The first-order chi connectivity index (χ1) is 10.1. The predicted molar refractivity (Wildman–Crippen MR) is 84.9 cm³/mol. The standard InChI is InChI=1S/C16H24N2O2S/c19-21(20)10-4-7-16(13-21)17-15-8-9-18(12-15)11-14-5-2-1-3-6-14/h1-3,5-6,15-17H,4,7-13H2. The highest BCUT2D eigenvalue weighted by atomic mass is 32.2. The maximum absolute atomic E-state index is 11.7. The predicted octanol–water partition coefficient (Wildman–Crippen LogP) is 1.43. The molecule has 2 heterocycles. The highest BCUT2D eigenvalue weighted by Crippen LogP contribution is 2.17. The maximum atomic E-state index is 11.7. The average Bonchev–Trinajstić information content (AvgIpc) is 2.86. The van der Waals surface area contributed by atoms with Gasteiger partial charge in [0.15, 0.2) is 9.84 Å². The molecule has 5 heteroatoms. The van der Waals surface area contributed by atoms with Crippen molar-refractivity contribution in [3.8, 4) is 0 Å². The largest absolute Gasteiger partial charge is 0.309 e. The lowest BCUT2D eigenvalue weighted by Crippen LogP contribution is -2.46. The fourth-order valence-electron chi connectivity index (χ4n) is 3.44. The molecule has 1 aromatic carbocycles. The van der Waals surface area contributed by atoms with Gasteiger partial charge in [0.2, 0.25) is 0 Å². The molecule has 1 aromatic rings. The van der Waals surface area contributed by atoms with E-state index in [2.05, 4.69) is 34.5 Å². The lowest BCUT2D eigenvalue weighted by atomic mass is 10.1. The monoisotopic (exact) mass is 308 g/mol. The minimum atomic E-state index is -2.81. The van der Waals surface area contributed by atoms with Crippen molar-refractivity contribution in [1.29, 1.82) is 0 Å². The smallest absolute Gasteiger partial charge is 0.151 e. The number of likely N-dealkylation sites (tertiary alicyclic amines) is 1.